The molecule has 0 spiro atoms. The van der Waals surface area contributed by atoms with E-state index >= 15 is 0 Å². The number of pyridine rings is 1. The lowest BCUT2D eigenvalue weighted by Crippen LogP contribution is -2.48. The zero-order valence-electron chi connectivity index (χ0n) is 17.5. The number of hydrogen-bond donors (Lipinski definition) is 0. The predicted octanol–water partition coefficient (Wildman–Crippen LogP) is 3.32. The maximum atomic E-state index is 12.8. The molecule has 30 heavy (non-hydrogen) atoms. The summed E-state index contributed by atoms with van der Waals surface area (Å²) in [6.45, 7) is 8.37. The van der Waals surface area contributed by atoms with Crippen molar-refractivity contribution in [1.82, 2.24) is 24.6 Å². The van der Waals surface area contributed by atoms with Crippen LogP contribution in [-0.4, -0.2) is 62.4 Å². The number of carbonyl (C=O) groups excluding carboxylic acids is 1. The molecule has 156 valence electrons. The number of hydrogen-bond acceptors (Lipinski definition) is 5. The van der Waals surface area contributed by atoms with E-state index in [1.54, 1.807) is 11.8 Å². The first-order valence-corrected chi connectivity index (χ1v) is 11.2. The number of benzene rings is 1. The van der Waals surface area contributed by atoms with Crippen molar-refractivity contribution in [2.45, 2.75) is 25.3 Å². The summed E-state index contributed by atoms with van der Waals surface area (Å²) in [6, 6.07) is 14.2. The van der Waals surface area contributed by atoms with E-state index in [2.05, 4.69) is 34.0 Å². The van der Waals surface area contributed by atoms with Crippen LogP contribution in [0.15, 0.2) is 59.8 Å². The van der Waals surface area contributed by atoms with Crippen LogP contribution >= 0.6 is 11.8 Å². The van der Waals surface area contributed by atoms with Gasteiger partial charge in [-0.1, -0.05) is 18.2 Å². The third kappa shape index (κ3) is 4.74. The van der Waals surface area contributed by atoms with Gasteiger partial charge < -0.3 is 4.90 Å². The minimum atomic E-state index is 0.204. The van der Waals surface area contributed by atoms with Crippen LogP contribution in [0.25, 0.3) is 5.69 Å². The largest absolute Gasteiger partial charge is 0.339 e. The van der Waals surface area contributed by atoms with Crippen LogP contribution < -0.4 is 0 Å². The van der Waals surface area contributed by atoms with Crippen molar-refractivity contribution in [2.75, 3.05) is 31.9 Å². The lowest BCUT2D eigenvalue weighted by molar-refractivity contribution is -0.130. The number of thioether (sulfide) groups is 1. The molecule has 3 aromatic rings. The van der Waals surface area contributed by atoms with Crippen molar-refractivity contribution in [3.8, 4) is 5.69 Å². The molecule has 6 nitrogen and oxygen atoms in total. The predicted molar refractivity (Wildman–Crippen MR) is 120 cm³/mol. The monoisotopic (exact) mass is 421 g/mol. The number of piperazine rings is 1. The third-order valence-electron chi connectivity index (χ3n) is 5.45. The summed E-state index contributed by atoms with van der Waals surface area (Å²) in [5.41, 5.74) is 4.36. The summed E-state index contributed by atoms with van der Waals surface area (Å²) < 4.78 is 1.96. The van der Waals surface area contributed by atoms with Crippen LogP contribution in [0, 0.1) is 13.8 Å². The van der Waals surface area contributed by atoms with E-state index < -0.39 is 0 Å². The first-order valence-electron chi connectivity index (χ1n) is 10.3. The van der Waals surface area contributed by atoms with Gasteiger partial charge >= 0.3 is 0 Å². The first-order chi connectivity index (χ1) is 14.6. The zero-order valence-corrected chi connectivity index (χ0v) is 18.3. The molecule has 1 saturated heterocycles. The van der Waals surface area contributed by atoms with E-state index in [0.717, 1.165) is 54.7 Å². The highest BCUT2D eigenvalue weighted by Crippen LogP contribution is 2.28. The van der Waals surface area contributed by atoms with Gasteiger partial charge in [0.1, 0.15) is 0 Å². The van der Waals surface area contributed by atoms with Crippen LogP contribution in [-0.2, 0) is 11.3 Å². The number of rotatable bonds is 6. The molecule has 0 bridgehead atoms. The number of amides is 1. The Hall–Kier alpha value is -2.64. The number of aromatic nitrogens is 3. The summed E-state index contributed by atoms with van der Waals surface area (Å²) >= 11 is 1.60. The van der Waals surface area contributed by atoms with E-state index in [-0.39, 0.29) is 5.91 Å². The SMILES string of the molecule is Cc1nn(-c2ccccc2)c(C)c1SCC(=O)N1CCN(Cc2ccncc2)CC1. The Morgan fingerprint density at radius 1 is 1.00 bits per heavy atom. The fraction of sp³-hybridized carbons (Fsp3) is 0.348. The lowest BCUT2D eigenvalue weighted by atomic mass is 10.2. The minimum Gasteiger partial charge on any atom is -0.339 e. The van der Waals surface area contributed by atoms with Crippen LogP contribution in [0.5, 0.6) is 0 Å². The molecule has 1 aliphatic rings. The number of para-hydroxylation sites is 1. The molecule has 0 saturated carbocycles. The lowest BCUT2D eigenvalue weighted by Gasteiger charge is -2.34. The molecule has 0 unspecified atom stereocenters. The van der Waals surface area contributed by atoms with Crippen molar-refractivity contribution in [3.63, 3.8) is 0 Å². The Morgan fingerprint density at radius 3 is 2.40 bits per heavy atom. The second-order valence-corrected chi connectivity index (χ2v) is 8.53. The molecular formula is C23H27N5OS. The Kier molecular flexibility index (Phi) is 6.50. The van der Waals surface area contributed by atoms with Crippen molar-refractivity contribution in [3.05, 3.63) is 71.8 Å². The van der Waals surface area contributed by atoms with Gasteiger partial charge in [-0.25, -0.2) is 4.68 Å². The highest BCUT2D eigenvalue weighted by atomic mass is 32.2. The highest BCUT2D eigenvalue weighted by Gasteiger charge is 2.22. The quantitative estimate of drug-likeness (QED) is 0.572. The second kappa shape index (κ2) is 9.45. The van der Waals surface area contributed by atoms with E-state index in [1.807, 2.05) is 59.2 Å². The highest BCUT2D eigenvalue weighted by molar-refractivity contribution is 8.00. The fourth-order valence-electron chi connectivity index (χ4n) is 3.78. The van der Waals surface area contributed by atoms with Crippen LogP contribution in [0.4, 0.5) is 0 Å². The Balaban J connectivity index is 1.31. The molecule has 1 aliphatic heterocycles. The normalized spacial score (nSPS) is 14.8. The van der Waals surface area contributed by atoms with Gasteiger partial charge in [-0.3, -0.25) is 14.7 Å². The van der Waals surface area contributed by atoms with Gasteiger partial charge in [-0.05, 0) is 43.7 Å². The standard InChI is InChI=1S/C23H27N5OS/c1-18-23(19(2)28(25-18)21-6-4-3-5-7-21)30-17-22(29)27-14-12-26(13-15-27)16-20-8-10-24-11-9-20/h3-11H,12-17H2,1-2H3. The maximum Gasteiger partial charge on any atom is 0.233 e. The first kappa shape index (κ1) is 20.6. The van der Waals surface area contributed by atoms with Gasteiger partial charge in [0, 0.05) is 45.1 Å². The summed E-state index contributed by atoms with van der Waals surface area (Å²) in [6.07, 6.45) is 3.66. The number of nitrogens with zero attached hydrogens (tertiary/aromatic N) is 5. The molecular weight excluding hydrogens is 394 g/mol. The Bertz CT molecular complexity index is 982. The molecule has 1 amide bonds. The molecule has 3 heterocycles. The zero-order chi connectivity index (χ0) is 20.9. The number of aryl methyl sites for hydroxylation is 1. The summed E-state index contributed by atoms with van der Waals surface area (Å²) in [4.78, 5) is 22.3. The van der Waals surface area contributed by atoms with E-state index in [9.17, 15) is 4.79 Å². The molecule has 0 N–H and O–H groups in total. The summed E-state index contributed by atoms with van der Waals surface area (Å²) in [5.74, 6) is 0.654. The molecule has 0 radical (unpaired) electrons. The Labute approximate surface area is 181 Å². The Morgan fingerprint density at radius 2 is 1.70 bits per heavy atom. The van der Waals surface area contributed by atoms with Gasteiger partial charge in [-0.2, -0.15) is 5.10 Å². The molecule has 2 aromatic heterocycles. The number of carbonyl (C=O) groups is 1. The van der Waals surface area contributed by atoms with Crippen LogP contribution in [0.3, 0.4) is 0 Å². The van der Waals surface area contributed by atoms with Crippen molar-refractivity contribution in [1.29, 1.82) is 0 Å². The summed E-state index contributed by atoms with van der Waals surface area (Å²) in [5, 5.41) is 4.68. The van der Waals surface area contributed by atoms with E-state index in [1.165, 1.54) is 5.56 Å². The van der Waals surface area contributed by atoms with Crippen LogP contribution in [0.2, 0.25) is 0 Å². The third-order valence-corrected chi connectivity index (χ3v) is 6.72. The average Bonchev–Trinajstić information content (AvgIpc) is 3.07. The van der Waals surface area contributed by atoms with Crippen molar-refractivity contribution in [2.24, 2.45) is 0 Å². The second-order valence-electron chi connectivity index (χ2n) is 7.55. The van der Waals surface area contributed by atoms with Gasteiger partial charge in [0.15, 0.2) is 0 Å². The molecule has 1 aromatic carbocycles. The fourth-order valence-corrected chi connectivity index (χ4v) is 4.78. The summed E-state index contributed by atoms with van der Waals surface area (Å²) in [7, 11) is 0. The molecule has 4 rings (SSSR count). The van der Waals surface area contributed by atoms with Gasteiger partial charge in [0.25, 0.3) is 0 Å². The van der Waals surface area contributed by atoms with Gasteiger partial charge in [0.2, 0.25) is 5.91 Å². The molecule has 0 atom stereocenters. The smallest absolute Gasteiger partial charge is 0.233 e. The van der Waals surface area contributed by atoms with E-state index in [0.29, 0.717) is 5.75 Å². The topological polar surface area (TPSA) is 54.3 Å². The van der Waals surface area contributed by atoms with Crippen LogP contribution in [0.1, 0.15) is 17.0 Å². The van der Waals surface area contributed by atoms with Gasteiger partial charge in [-0.15, -0.1) is 11.8 Å². The molecule has 0 aliphatic carbocycles. The maximum absolute atomic E-state index is 12.8. The van der Waals surface area contributed by atoms with Crippen molar-refractivity contribution >= 4 is 17.7 Å². The molecule has 7 heteroatoms. The van der Waals surface area contributed by atoms with Crippen molar-refractivity contribution < 1.29 is 4.79 Å². The average molecular weight is 422 g/mol. The molecule has 1 fully saturated rings. The van der Waals surface area contributed by atoms with Gasteiger partial charge in [0.05, 0.1) is 27.7 Å². The minimum absolute atomic E-state index is 0.204. The van der Waals surface area contributed by atoms with E-state index in [4.69, 9.17) is 0 Å².